The molecule has 2 fully saturated rings. The summed E-state index contributed by atoms with van der Waals surface area (Å²) in [5.41, 5.74) is 0. The van der Waals surface area contributed by atoms with Crippen molar-refractivity contribution in [1.82, 2.24) is 10.2 Å². The third-order valence-corrected chi connectivity index (χ3v) is 3.64. The van der Waals surface area contributed by atoms with Crippen LogP contribution in [0, 0.1) is 5.92 Å². The SMILES string of the molecule is C[C@@H]1CN(C)[C@@H](C)C[C@@H]1NC1CC1. The van der Waals surface area contributed by atoms with Crippen LogP contribution in [-0.4, -0.2) is 36.6 Å². The van der Waals surface area contributed by atoms with Crippen molar-refractivity contribution < 1.29 is 0 Å². The van der Waals surface area contributed by atoms with Gasteiger partial charge >= 0.3 is 0 Å². The van der Waals surface area contributed by atoms with Crippen LogP contribution < -0.4 is 5.32 Å². The van der Waals surface area contributed by atoms with Crippen LogP contribution in [0.3, 0.4) is 0 Å². The maximum absolute atomic E-state index is 3.77. The molecule has 2 heteroatoms. The van der Waals surface area contributed by atoms with Gasteiger partial charge < -0.3 is 10.2 Å². The van der Waals surface area contributed by atoms with Crippen molar-refractivity contribution in [3.63, 3.8) is 0 Å². The lowest BCUT2D eigenvalue weighted by Gasteiger charge is -2.40. The van der Waals surface area contributed by atoms with E-state index in [9.17, 15) is 0 Å². The molecule has 0 amide bonds. The van der Waals surface area contributed by atoms with Gasteiger partial charge in [0, 0.05) is 24.7 Å². The minimum atomic E-state index is 0.757. The van der Waals surface area contributed by atoms with Gasteiger partial charge in [-0.3, -0.25) is 0 Å². The number of nitrogens with zero attached hydrogens (tertiary/aromatic N) is 1. The molecule has 13 heavy (non-hydrogen) atoms. The minimum absolute atomic E-state index is 0.757. The Balaban J connectivity index is 1.86. The molecule has 1 N–H and O–H groups in total. The van der Waals surface area contributed by atoms with E-state index in [0.29, 0.717) is 0 Å². The number of hydrogen-bond acceptors (Lipinski definition) is 2. The topological polar surface area (TPSA) is 15.3 Å². The zero-order valence-corrected chi connectivity index (χ0v) is 9.09. The molecule has 1 saturated heterocycles. The van der Waals surface area contributed by atoms with Gasteiger partial charge in [-0.25, -0.2) is 0 Å². The van der Waals surface area contributed by atoms with Crippen molar-refractivity contribution in [1.29, 1.82) is 0 Å². The van der Waals surface area contributed by atoms with Crippen LogP contribution in [0.5, 0.6) is 0 Å². The fourth-order valence-electron chi connectivity index (χ4n) is 2.33. The summed E-state index contributed by atoms with van der Waals surface area (Å²) in [7, 11) is 2.24. The number of rotatable bonds is 2. The first-order chi connectivity index (χ1) is 6.16. The highest BCUT2D eigenvalue weighted by atomic mass is 15.2. The van der Waals surface area contributed by atoms with E-state index < -0.39 is 0 Å². The molecular weight excluding hydrogens is 160 g/mol. The molecule has 0 spiro atoms. The van der Waals surface area contributed by atoms with Crippen molar-refractivity contribution in [2.24, 2.45) is 5.92 Å². The highest BCUT2D eigenvalue weighted by Crippen LogP contribution is 2.26. The van der Waals surface area contributed by atoms with Crippen LogP contribution in [0.1, 0.15) is 33.1 Å². The molecule has 0 aromatic heterocycles. The van der Waals surface area contributed by atoms with E-state index >= 15 is 0 Å². The highest BCUT2D eigenvalue weighted by molar-refractivity contribution is 4.91. The van der Waals surface area contributed by atoms with E-state index in [1.54, 1.807) is 0 Å². The monoisotopic (exact) mass is 182 g/mol. The molecule has 76 valence electrons. The van der Waals surface area contributed by atoms with Crippen LogP contribution in [0.25, 0.3) is 0 Å². The fraction of sp³-hybridized carbons (Fsp3) is 1.00. The van der Waals surface area contributed by atoms with Crippen LogP contribution in [-0.2, 0) is 0 Å². The Bertz CT molecular complexity index is 177. The van der Waals surface area contributed by atoms with E-state index in [1.165, 1.54) is 25.8 Å². The average Bonchev–Trinajstić information content (AvgIpc) is 2.84. The lowest BCUT2D eigenvalue weighted by atomic mass is 9.90. The van der Waals surface area contributed by atoms with E-state index in [-0.39, 0.29) is 0 Å². The smallest absolute Gasteiger partial charge is 0.0122 e. The Morgan fingerprint density at radius 1 is 1.23 bits per heavy atom. The second-order valence-corrected chi connectivity index (χ2v) is 5.05. The summed E-state index contributed by atoms with van der Waals surface area (Å²) in [5.74, 6) is 0.821. The molecule has 1 aliphatic heterocycles. The van der Waals surface area contributed by atoms with Crippen molar-refractivity contribution in [3.05, 3.63) is 0 Å². The van der Waals surface area contributed by atoms with Crippen LogP contribution in [0.15, 0.2) is 0 Å². The summed E-state index contributed by atoms with van der Waals surface area (Å²) in [5, 5.41) is 3.77. The number of hydrogen-bond donors (Lipinski definition) is 1. The summed E-state index contributed by atoms with van der Waals surface area (Å²) >= 11 is 0. The van der Waals surface area contributed by atoms with Crippen molar-refractivity contribution in [2.45, 2.75) is 51.2 Å². The molecule has 2 aliphatic rings. The molecule has 2 rings (SSSR count). The second-order valence-electron chi connectivity index (χ2n) is 5.05. The zero-order chi connectivity index (χ0) is 9.42. The van der Waals surface area contributed by atoms with Gasteiger partial charge in [0.25, 0.3) is 0 Å². The molecule has 2 nitrogen and oxygen atoms in total. The Hall–Kier alpha value is -0.0800. The molecule has 1 aliphatic carbocycles. The van der Waals surface area contributed by atoms with Gasteiger partial charge in [0.2, 0.25) is 0 Å². The van der Waals surface area contributed by atoms with E-state index in [2.05, 4.69) is 31.1 Å². The second kappa shape index (κ2) is 3.58. The summed E-state index contributed by atoms with van der Waals surface area (Å²) in [6.07, 6.45) is 4.15. The standard InChI is InChI=1S/C11H22N2/c1-8-7-13(3)9(2)6-11(8)12-10-4-5-10/h8-12H,4-7H2,1-3H3/t8-,9+,11+/m1/s1. The Morgan fingerprint density at radius 3 is 2.54 bits per heavy atom. The Morgan fingerprint density at radius 2 is 1.92 bits per heavy atom. The molecule has 0 aromatic carbocycles. The fourth-order valence-corrected chi connectivity index (χ4v) is 2.33. The number of likely N-dealkylation sites (tertiary alicyclic amines) is 1. The molecule has 0 bridgehead atoms. The van der Waals surface area contributed by atoms with Gasteiger partial charge in [0.1, 0.15) is 0 Å². The summed E-state index contributed by atoms with van der Waals surface area (Å²) < 4.78 is 0. The lowest BCUT2D eigenvalue weighted by molar-refractivity contribution is 0.121. The minimum Gasteiger partial charge on any atom is -0.311 e. The van der Waals surface area contributed by atoms with Crippen LogP contribution in [0.2, 0.25) is 0 Å². The third kappa shape index (κ3) is 2.23. The van der Waals surface area contributed by atoms with Gasteiger partial charge in [-0.2, -0.15) is 0 Å². The Labute approximate surface area is 81.7 Å². The quantitative estimate of drug-likeness (QED) is 0.695. The maximum atomic E-state index is 3.77. The van der Waals surface area contributed by atoms with Gasteiger partial charge in [-0.1, -0.05) is 6.92 Å². The van der Waals surface area contributed by atoms with E-state index in [0.717, 1.165) is 24.0 Å². The predicted octanol–water partition coefficient (Wildman–Crippen LogP) is 1.47. The molecule has 1 heterocycles. The van der Waals surface area contributed by atoms with E-state index in [4.69, 9.17) is 0 Å². The highest BCUT2D eigenvalue weighted by Gasteiger charge is 2.32. The first kappa shape index (κ1) is 9.47. The molecule has 3 atom stereocenters. The summed E-state index contributed by atoms with van der Waals surface area (Å²) in [4.78, 5) is 2.48. The predicted molar refractivity (Wildman–Crippen MR) is 55.8 cm³/mol. The summed E-state index contributed by atoms with van der Waals surface area (Å²) in [6, 6.07) is 2.40. The Kier molecular flexibility index (Phi) is 2.61. The van der Waals surface area contributed by atoms with Gasteiger partial charge in [0.15, 0.2) is 0 Å². The largest absolute Gasteiger partial charge is 0.311 e. The van der Waals surface area contributed by atoms with Crippen LogP contribution >= 0.6 is 0 Å². The first-order valence-corrected chi connectivity index (χ1v) is 5.63. The van der Waals surface area contributed by atoms with Gasteiger partial charge in [0.05, 0.1) is 0 Å². The van der Waals surface area contributed by atoms with Gasteiger partial charge in [-0.15, -0.1) is 0 Å². The number of nitrogens with one attached hydrogen (secondary N) is 1. The van der Waals surface area contributed by atoms with Crippen molar-refractivity contribution >= 4 is 0 Å². The number of piperidine rings is 1. The normalized spacial score (nSPS) is 42.2. The van der Waals surface area contributed by atoms with Crippen LogP contribution in [0.4, 0.5) is 0 Å². The molecule has 0 radical (unpaired) electrons. The first-order valence-electron chi connectivity index (χ1n) is 5.63. The molecule has 0 unspecified atom stereocenters. The molecular formula is C11H22N2. The zero-order valence-electron chi connectivity index (χ0n) is 9.09. The maximum Gasteiger partial charge on any atom is 0.0122 e. The van der Waals surface area contributed by atoms with E-state index in [1.807, 2.05) is 0 Å². The van der Waals surface area contributed by atoms with Crippen molar-refractivity contribution in [2.75, 3.05) is 13.6 Å². The average molecular weight is 182 g/mol. The van der Waals surface area contributed by atoms with Crippen molar-refractivity contribution in [3.8, 4) is 0 Å². The van der Waals surface area contributed by atoms with Gasteiger partial charge in [-0.05, 0) is 39.2 Å². The lowest BCUT2D eigenvalue weighted by Crippen LogP contribution is -2.51. The molecule has 0 aromatic rings. The third-order valence-electron chi connectivity index (χ3n) is 3.64. The summed E-state index contributed by atoms with van der Waals surface area (Å²) in [6.45, 7) is 5.97. The molecule has 1 saturated carbocycles.